The largest absolute Gasteiger partial charge is 0.456 e. The smallest absolute Gasteiger partial charge is 0.135 e. The van der Waals surface area contributed by atoms with Crippen LogP contribution in [0.5, 0.6) is 0 Å². The van der Waals surface area contributed by atoms with Crippen LogP contribution in [0.2, 0.25) is 0 Å². The minimum atomic E-state index is 0.892. The van der Waals surface area contributed by atoms with Gasteiger partial charge in [-0.15, -0.1) is 11.3 Å². The maximum Gasteiger partial charge on any atom is 0.135 e. The normalized spacial score (nSPS) is 11.7. The molecule has 0 fully saturated rings. The highest BCUT2D eigenvalue weighted by atomic mass is 32.1. The fraction of sp³-hybridized carbons (Fsp3) is 0. The summed E-state index contributed by atoms with van der Waals surface area (Å²) in [4.78, 5) is 2.41. The highest BCUT2D eigenvalue weighted by Crippen LogP contribution is 2.48. The van der Waals surface area contributed by atoms with E-state index in [2.05, 4.69) is 169 Å². The molecule has 0 spiro atoms. The number of hydrogen-bond donors (Lipinski definition) is 0. The summed E-state index contributed by atoms with van der Waals surface area (Å²) < 4.78 is 8.81. The minimum Gasteiger partial charge on any atom is -0.456 e. The summed E-state index contributed by atoms with van der Waals surface area (Å²) in [5.74, 6) is 0. The number of anilines is 3. The number of rotatable bonds is 5. The first-order valence-electron chi connectivity index (χ1n) is 16.6. The number of hydrogen-bond acceptors (Lipinski definition) is 3. The van der Waals surface area contributed by atoms with E-state index < -0.39 is 0 Å². The fourth-order valence-electron chi connectivity index (χ4n) is 7.37. The van der Waals surface area contributed by atoms with Crippen LogP contribution in [0.15, 0.2) is 180 Å². The standard InChI is InChI=1S/C46H29NOS/c1-2-11-31(12-3-1)37-18-9-19-39-40-20-10-21-42(46(40)49-45(37)39)47(34-27-28-44-41(29-34)38-16-6-7-22-43(38)48-44)33-25-23-32(24-26-33)36-17-8-14-30-13-4-5-15-35(30)36/h1-29H. The van der Waals surface area contributed by atoms with E-state index in [-0.39, 0.29) is 0 Å². The van der Waals surface area contributed by atoms with Gasteiger partial charge in [-0.05, 0) is 75.5 Å². The number of para-hydroxylation sites is 1. The lowest BCUT2D eigenvalue weighted by atomic mass is 9.98. The number of thiophene rings is 1. The Bertz CT molecular complexity index is 2820. The zero-order valence-electron chi connectivity index (χ0n) is 26.5. The zero-order chi connectivity index (χ0) is 32.3. The second-order valence-electron chi connectivity index (χ2n) is 12.5. The van der Waals surface area contributed by atoms with Crippen molar-refractivity contribution in [1.29, 1.82) is 0 Å². The average molecular weight is 644 g/mol. The summed E-state index contributed by atoms with van der Waals surface area (Å²) in [7, 11) is 0. The molecule has 2 nitrogen and oxygen atoms in total. The molecule has 0 radical (unpaired) electrons. The Labute approximate surface area is 287 Å². The van der Waals surface area contributed by atoms with E-state index in [1.54, 1.807) is 0 Å². The van der Waals surface area contributed by atoms with Gasteiger partial charge >= 0.3 is 0 Å². The lowest BCUT2D eigenvalue weighted by Gasteiger charge is -2.26. The molecule has 0 saturated heterocycles. The van der Waals surface area contributed by atoms with Crippen molar-refractivity contribution in [2.24, 2.45) is 0 Å². The van der Waals surface area contributed by atoms with E-state index >= 15 is 0 Å². The maximum absolute atomic E-state index is 6.25. The van der Waals surface area contributed by atoms with Gasteiger partial charge in [0, 0.05) is 37.6 Å². The Morgan fingerprint density at radius 2 is 1.00 bits per heavy atom. The van der Waals surface area contributed by atoms with Gasteiger partial charge in [0.1, 0.15) is 11.2 Å². The van der Waals surface area contributed by atoms with Crippen LogP contribution >= 0.6 is 11.3 Å². The van der Waals surface area contributed by atoms with E-state index in [1.165, 1.54) is 53.2 Å². The van der Waals surface area contributed by atoms with Crippen molar-refractivity contribution >= 4 is 81.3 Å². The molecule has 230 valence electrons. The van der Waals surface area contributed by atoms with E-state index in [4.69, 9.17) is 4.42 Å². The van der Waals surface area contributed by atoms with Gasteiger partial charge in [0.2, 0.25) is 0 Å². The van der Waals surface area contributed by atoms with Gasteiger partial charge in [-0.3, -0.25) is 0 Å². The molecule has 10 aromatic rings. The van der Waals surface area contributed by atoms with Crippen LogP contribution in [0.1, 0.15) is 0 Å². The molecule has 0 aliphatic heterocycles. The summed E-state index contributed by atoms with van der Waals surface area (Å²) in [6, 6.07) is 63.2. The maximum atomic E-state index is 6.25. The lowest BCUT2D eigenvalue weighted by Crippen LogP contribution is -2.10. The summed E-state index contributed by atoms with van der Waals surface area (Å²) in [5, 5.41) is 7.29. The summed E-state index contributed by atoms with van der Waals surface area (Å²) >= 11 is 1.88. The Hall–Kier alpha value is -6.16. The van der Waals surface area contributed by atoms with Crippen molar-refractivity contribution < 1.29 is 4.42 Å². The van der Waals surface area contributed by atoms with Crippen molar-refractivity contribution in [3.05, 3.63) is 176 Å². The summed E-state index contributed by atoms with van der Waals surface area (Å²) in [6.45, 7) is 0. The number of nitrogens with zero attached hydrogens (tertiary/aromatic N) is 1. The van der Waals surface area contributed by atoms with Gasteiger partial charge in [-0.1, -0.05) is 133 Å². The molecule has 0 amide bonds. The Balaban J connectivity index is 1.20. The Kier molecular flexibility index (Phi) is 6.39. The van der Waals surface area contributed by atoms with Crippen LogP contribution in [0, 0.1) is 0 Å². The molecule has 0 atom stereocenters. The molecule has 3 heteroatoms. The molecule has 0 saturated carbocycles. The molecular formula is C46H29NOS. The monoisotopic (exact) mass is 643 g/mol. The molecule has 0 unspecified atom stereocenters. The zero-order valence-corrected chi connectivity index (χ0v) is 27.3. The molecular weight excluding hydrogens is 615 g/mol. The molecule has 10 rings (SSSR count). The predicted octanol–water partition coefficient (Wildman–Crippen LogP) is 13.9. The molecule has 49 heavy (non-hydrogen) atoms. The molecule has 2 aromatic heterocycles. The third-order valence-corrected chi connectivity index (χ3v) is 11.0. The van der Waals surface area contributed by atoms with Crippen molar-refractivity contribution in [2.45, 2.75) is 0 Å². The molecule has 0 N–H and O–H groups in total. The predicted molar refractivity (Wildman–Crippen MR) is 210 cm³/mol. The number of furan rings is 1. The first-order valence-corrected chi connectivity index (χ1v) is 17.4. The topological polar surface area (TPSA) is 16.4 Å². The molecule has 0 aliphatic carbocycles. The van der Waals surface area contributed by atoms with Crippen LogP contribution in [0.25, 0.3) is 75.1 Å². The second kappa shape index (κ2) is 11.2. The van der Waals surface area contributed by atoms with Gasteiger partial charge < -0.3 is 9.32 Å². The number of fused-ring (bicyclic) bond motifs is 7. The fourth-order valence-corrected chi connectivity index (χ4v) is 8.71. The van der Waals surface area contributed by atoms with Gasteiger partial charge in [-0.25, -0.2) is 0 Å². The van der Waals surface area contributed by atoms with Crippen LogP contribution in [0.3, 0.4) is 0 Å². The van der Waals surface area contributed by atoms with Crippen molar-refractivity contribution in [2.75, 3.05) is 4.90 Å². The molecule has 2 heterocycles. The first kappa shape index (κ1) is 27.9. The third-order valence-electron chi connectivity index (χ3n) is 9.67. The third kappa shape index (κ3) is 4.55. The van der Waals surface area contributed by atoms with Gasteiger partial charge in [-0.2, -0.15) is 0 Å². The lowest BCUT2D eigenvalue weighted by molar-refractivity contribution is 0.669. The average Bonchev–Trinajstić information content (AvgIpc) is 3.74. The van der Waals surface area contributed by atoms with Crippen LogP contribution in [0.4, 0.5) is 17.1 Å². The van der Waals surface area contributed by atoms with Crippen LogP contribution in [-0.2, 0) is 0 Å². The first-order chi connectivity index (χ1) is 24.3. The highest BCUT2D eigenvalue weighted by molar-refractivity contribution is 7.27. The number of benzene rings is 8. The summed E-state index contributed by atoms with van der Waals surface area (Å²) in [6.07, 6.45) is 0. The van der Waals surface area contributed by atoms with E-state index in [9.17, 15) is 0 Å². The van der Waals surface area contributed by atoms with Gasteiger partial charge in [0.05, 0.1) is 10.4 Å². The van der Waals surface area contributed by atoms with E-state index in [0.29, 0.717) is 0 Å². The second-order valence-corrected chi connectivity index (χ2v) is 13.5. The van der Waals surface area contributed by atoms with Crippen molar-refractivity contribution in [1.82, 2.24) is 0 Å². The van der Waals surface area contributed by atoms with Gasteiger partial charge in [0.25, 0.3) is 0 Å². The van der Waals surface area contributed by atoms with Crippen molar-refractivity contribution in [3.63, 3.8) is 0 Å². The van der Waals surface area contributed by atoms with E-state index in [1.807, 2.05) is 23.5 Å². The van der Waals surface area contributed by atoms with Gasteiger partial charge in [0.15, 0.2) is 0 Å². The molecule has 0 aliphatic rings. The Morgan fingerprint density at radius 3 is 1.88 bits per heavy atom. The van der Waals surface area contributed by atoms with E-state index in [0.717, 1.165) is 39.0 Å². The van der Waals surface area contributed by atoms with Crippen molar-refractivity contribution in [3.8, 4) is 22.3 Å². The SMILES string of the molecule is c1ccc(-c2cccc3c2sc2c(N(c4ccc(-c5cccc6ccccc56)cc4)c4ccc5oc6ccccc6c5c4)cccc23)cc1. The van der Waals surface area contributed by atoms with Crippen LogP contribution in [-0.4, -0.2) is 0 Å². The Morgan fingerprint density at radius 1 is 0.388 bits per heavy atom. The molecule has 0 bridgehead atoms. The quantitative estimate of drug-likeness (QED) is 0.186. The minimum absolute atomic E-state index is 0.892. The van der Waals surface area contributed by atoms with Crippen LogP contribution < -0.4 is 4.90 Å². The highest BCUT2D eigenvalue weighted by Gasteiger charge is 2.21. The summed E-state index contributed by atoms with van der Waals surface area (Å²) in [5.41, 5.74) is 10.1. The molecule has 8 aromatic carbocycles.